The van der Waals surface area contributed by atoms with E-state index < -0.39 is 5.97 Å². The van der Waals surface area contributed by atoms with Gasteiger partial charge in [0.2, 0.25) is 0 Å². The molecule has 0 aromatic heterocycles. The van der Waals surface area contributed by atoms with Crippen LogP contribution in [0.5, 0.6) is 0 Å². The van der Waals surface area contributed by atoms with Crippen molar-refractivity contribution in [1.82, 2.24) is 0 Å². The summed E-state index contributed by atoms with van der Waals surface area (Å²) in [5, 5.41) is 9.08. The Labute approximate surface area is 131 Å². The van der Waals surface area contributed by atoms with Crippen LogP contribution in [-0.4, -0.2) is 17.6 Å². The topological polar surface area (TPSA) is 40.5 Å². The molecular weight excluding hydrogens is 337 g/mol. The number of hydrogen-bond acceptors (Lipinski definition) is 2. The number of benzene rings is 2. The van der Waals surface area contributed by atoms with Crippen LogP contribution in [0.3, 0.4) is 0 Å². The smallest absolute Gasteiger partial charge is 0.323 e. The fraction of sp³-hybridized carbons (Fsp3) is 0.188. The zero-order valence-corrected chi connectivity index (χ0v) is 13.1. The van der Waals surface area contributed by atoms with E-state index in [1.54, 1.807) is 11.0 Å². The fourth-order valence-corrected chi connectivity index (χ4v) is 2.49. The van der Waals surface area contributed by atoms with Crippen LogP contribution in [0, 0.1) is 12.7 Å². The first-order chi connectivity index (χ1) is 9.95. The molecule has 0 atom stereocenters. The zero-order chi connectivity index (χ0) is 15.4. The third kappa shape index (κ3) is 4.29. The monoisotopic (exact) mass is 351 g/mol. The minimum atomic E-state index is -0.909. The highest BCUT2D eigenvalue weighted by Crippen LogP contribution is 2.23. The van der Waals surface area contributed by atoms with Gasteiger partial charge in [-0.25, -0.2) is 4.39 Å². The summed E-state index contributed by atoms with van der Waals surface area (Å²) in [7, 11) is 0. The second-order valence-corrected chi connectivity index (χ2v) is 5.68. The summed E-state index contributed by atoms with van der Waals surface area (Å²) >= 11 is 3.31. The number of carboxylic acids is 1. The molecule has 0 spiro atoms. The van der Waals surface area contributed by atoms with Crippen LogP contribution in [0.4, 0.5) is 10.1 Å². The van der Waals surface area contributed by atoms with E-state index in [0.717, 1.165) is 16.8 Å². The van der Waals surface area contributed by atoms with E-state index in [-0.39, 0.29) is 12.4 Å². The summed E-state index contributed by atoms with van der Waals surface area (Å²) in [6.45, 7) is 2.24. The van der Waals surface area contributed by atoms with Gasteiger partial charge in [0.1, 0.15) is 12.4 Å². The molecule has 2 aromatic carbocycles. The summed E-state index contributed by atoms with van der Waals surface area (Å²) in [5.41, 5.74) is 2.76. The first kappa shape index (κ1) is 15.5. The molecule has 0 saturated heterocycles. The van der Waals surface area contributed by atoms with Crippen LogP contribution in [0.1, 0.15) is 11.1 Å². The van der Waals surface area contributed by atoms with Crippen molar-refractivity contribution in [2.75, 3.05) is 11.4 Å². The van der Waals surface area contributed by atoms with Gasteiger partial charge in [-0.1, -0.05) is 39.7 Å². The summed E-state index contributed by atoms with van der Waals surface area (Å²) in [5.74, 6) is -1.24. The molecule has 2 rings (SSSR count). The highest BCUT2D eigenvalue weighted by molar-refractivity contribution is 9.10. The molecule has 0 radical (unpaired) electrons. The summed E-state index contributed by atoms with van der Waals surface area (Å²) in [6.07, 6.45) is 0. The third-order valence-electron chi connectivity index (χ3n) is 3.10. The van der Waals surface area contributed by atoms with Gasteiger partial charge in [0, 0.05) is 16.7 Å². The molecule has 0 saturated carbocycles. The highest BCUT2D eigenvalue weighted by Gasteiger charge is 2.13. The maximum absolute atomic E-state index is 13.1. The van der Waals surface area contributed by atoms with Crippen LogP contribution in [0.2, 0.25) is 0 Å². The van der Waals surface area contributed by atoms with E-state index in [0.29, 0.717) is 11.0 Å². The molecule has 0 aliphatic carbocycles. The lowest BCUT2D eigenvalue weighted by Gasteiger charge is -2.23. The van der Waals surface area contributed by atoms with E-state index in [4.69, 9.17) is 5.11 Å². The van der Waals surface area contributed by atoms with Crippen LogP contribution in [-0.2, 0) is 11.3 Å². The predicted octanol–water partition coefficient (Wildman–Crippen LogP) is 3.99. The molecule has 0 amide bonds. The maximum atomic E-state index is 13.1. The zero-order valence-electron chi connectivity index (χ0n) is 11.5. The molecule has 0 bridgehead atoms. The van der Waals surface area contributed by atoms with Crippen LogP contribution in [0.25, 0.3) is 0 Å². The van der Waals surface area contributed by atoms with E-state index in [9.17, 15) is 9.18 Å². The quantitative estimate of drug-likeness (QED) is 0.885. The minimum absolute atomic E-state index is 0.118. The van der Waals surface area contributed by atoms with Gasteiger partial charge in [0.05, 0.1) is 0 Å². The summed E-state index contributed by atoms with van der Waals surface area (Å²) in [6, 6.07) is 12.0. The minimum Gasteiger partial charge on any atom is -0.480 e. The van der Waals surface area contributed by atoms with Gasteiger partial charge in [-0.05, 0) is 36.8 Å². The molecular formula is C16H15BrFNO2. The number of aliphatic carboxylic acids is 1. The first-order valence-corrected chi connectivity index (χ1v) is 7.22. The Morgan fingerprint density at radius 3 is 2.48 bits per heavy atom. The molecule has 21 heavy (non-hydrogen) atoms. The van der Waals surface area contributed by atoms with Crippen LogP contribution >= 0.6 is 15.9 Å². The number of anilines is 1. The lowest BCUT2D eigenvalue weighted by molar-refractivity contribution is -0.135. The maximum Gasteiger partial charge on any atom is 0.323 e. The molecule has 5 heteroatoms. The normalized spacial score (nSPS) is 10.4. The van der Waals surface area contributed by atoms with Crippen molar-refractivity contribution in [3.05, 3.63) is 63.9 Å². The molecule has 1 N–H and O–H groups in total. The second kappa shape index (κ2) is 6.72. The lowest BCUT2D eigenvalue weighted by Crippen LogP contribution is -2.29. The number of hydrogen-bond donors (Lipinski definition) is 1. The van der Waals surface area contributed by atoms with Gasteiger partial charge in [-0.3, -0.25) is 4.79 Å². The largest absolute Gasteiger partial charge is 0.480 e. The first-order valence-electron chi connectivity index (χ1n) is 6.43. The lowest BCUT2D eigenvalue weighted by atomic mass is 10.1. The molecule has 0 fully saturated rings. The van der Waals surface area contributed by atoms with Gasteiger partial charge < -0.3 is 10.0 Å². The Balaban J connectivity index is 2.27. The fourth-order valence-electron chi connectivity index (χ4n) is 2.01. The second-order valence-electron chi connectivity index (χ2n) is 4.82. The number of aryl methyl sites for hydroxylation is 1. The molecule has 0 aliphatic heterocycles. The third-order valence-corrected chi connectivity index (χ3v) is 3.84. The molecule has 0 aliphatic rings. The van der Waals surface area contributed by atoms with Crippen molar-refractivity contribution < 1.29 is 14.3 Å². The number of halogens is 2. The molecule has 2 aromatic rings. The van der Waals surface area contributed by atoms with Crippen molar-refractivity contribution in [2.45, 2.75) is 13.5 Å². The average molecular weight is 352 g/mol. The SMILES string of the molecule is Cc1ccc(N(CC(=O)O)Cc2ccc(F)cc2Br)cc1. The Bertz CT molecular complexity index is 643. The van der Waals surface area contributed by atoms with Crippen molar-refractivity contribution in [1.29, 1.82) is 0 Å². The summed E-state index contributed by atoms with van der Waals surface area (Å²) < 4.78 is 13.8. The summed E-state index contributed by atoms with van der Waals surface area (Å²) in [4.78, 5) is 12.8. The Morgan fingerprint density at radius 2 is 1.90 bits per heavy atom. The Kier molecular flexibility index (Phi) is 4.96. The van der Waals surface area contributed by atoms with Gasteiger partial charge in [-0.2, -0.15) is 0 Å². The predicted molar refractivity (Wildman–Crippen MR) is 84.0 cm³/mol. The molecule has 110 valence electrons. The Morgan fingerprint density at radius 1 is 1.24 bits per heavy atom. The van der Waals surface area contributed by atoms with Gasteiger partial charge >= 0.3 is 5.97 Å². The van der Waals surface area contributed by atoms with Crippen LogP contribution in [0.15, 0.2) is 46.9 Å². The van der Waals surface area contributed by atoms with E-state index in [1.165, 1.54) is 12.1 Å². The van der Waals surface area contributed by atoms with Gasteiger partial charge in [0.15, 0.2) is 0 Å². The van der Waals surface area contributed by atoms with E-state index >= 15 is 0 Å². The Hall–Kier alpha value is -1.88. The van der Waals surface area contributed by atoms with Crippen molar-refractivity contribution in [3.8, 4) is 0 Å². The number of carboxylic acid groups (broad SMARTS) is 1. The van der Waals surface area contributed by atoms with Gasteiger partial charge in [0.25, 0.3) is 0 Å². The molecule has 3 nitrogen and oxygen atoms in total. The van der Waals surface area contributed by atoms with Crippen molar-refractivity contribution in [3.63, 3.8) is 0 Å². The molecule has 0 unspecified atom stereocenters. The molecule has 0 heterocycles. The van der Waals surface area contributed by atoms with E-state index in [2.05, 4.69) is 15.9 Å². The number of nitrogens with zero attached hydrogens (tertiary/aromatic N) is 1. The average Bonchev–Trinajstić information content (AvgIpc) is 2.41. The highest BCUT2D eigenvalue weighted by atomic mass is 79.9. The standard InChI is InChI=1S/C16H15BrFNO2/c1-11-2-6-14(7-3-11)19(10-16(20)21)9-12-4-5-13(18)8-15(12)17/h2-8H,9-10H2,1H3,(H,20,21). The van der Waals surface area contributed by atoms with Crippen LogP contribution < -0.4 is 4.90 Å². The number of carbonyl (C=O) groups is 1. The number of rotatable bonds is 5. The van der Waals surface area contributed by atoms with Crippen molar-refractivity contribution >= 4 is 27.6 Å². The van der Waals surface area contributed by atoms with Gasteiger partial charge in [-0.15, -0.1) is 0 Å². The van der Waals surface area contributed by atoms with Crippen molar-refractivity contribution in [2.24, 2.45) is 0 Å². The van der Waals surface area contributed by atoms with E-state index in [1.807, 2.05) is 31.2 Å².